The van der Waals surface area contributed by atoms with Crippen LogP contribution in [0, 0.1) is 5.92 Å². The van der Waals surface area contributed by atoms with Crippen molar-refractivity contribution < 1.29 is 23.9 Å². The van der Waals surface area contributed by atoms with Crippen LogP contribution >= 0.6 is 12.2 Å². The molecule has 0 aliphatic carbocycles. The smallest absolute Gasteiger partial charge is 0.306 e. The second kappa shape index (κ2) is 10.4. The third kappa shape index (κ3) is 6.62. The van der Waals surface area contributed by atoms with E-state index in [1.54, 1.807) is 4.90 Å². The molecule has 0 radical (unpaired) electrons. The van der Waals surface area contributed by atoms with Crippen molar-refractivity contribution in [3.05, 3.63) is 35.9 Å². The number of amides is 3. The van der Waals surface area contributed by atoms with E-state index in [0.29, 0.717) is 13.1 Å². The Morgan fingerprint density at radius 2 is 1.89 bits per heavy atom. The number of hydrogen-bond acceptors (Lipinski definition) is 6. The molecule has 0 aromatic heterocycles. The lowest BCUT2D eigenvalue weighted by molar-refractivity contribution is -0.142. The van der Waals surface area contributed by atoms with Crippen molar-refractivity contribution in [1.82, 2.24) is 21.1 Å². The number of carbonyl (C=O) groups excluding carboxylic acids is 4. The zero-order valence-electron chi connectivity index (χ0n) is 15.4. The number of hydrogen-bond donors (Lipinski definition) is 3. The largest absolute Gasteiger partial charge is 0.469 e. The minimum Gasteiger partial charge on any atom is -0.469 e. The third-order valence-electron chi connectivity index (χ3n) is 4.14. The molecule has 150 valence electrons. The Bertz CT molecular complexity index is 756. The monoisotopic (exact) mass is 406 g/mol. The summed E-state index contributed by atoms with van der Waals surface area (Å²) in [5.74, 6) is -1.99. The van der Waals surface area contributed by atoms with E-state index in [1.807, 2.05) is 30.3 Å². The fourth-order valence-corrected chi connectivity index (χ4v) is 2.83. The van der Waals surface area contributed by atoms with Crippen LogP contribution in [0.1, 0.15) is 24.8 Å². The van der Waals surface area contributed by atoms with Crippen molar-refractivity contribution in [3.63, 3.8) is 0 Å². The first kappa shape index (κ1) is 21.3. The van der Waals surface area contributed by atoms with Gasteiger partial charge in [0.15, 0.2) is 5.11 Å². The summed E-state index contributed by atoms with van der Waals surface area (Å²) in [4.78, 5) is 48.6. The van der Waals surface area contributed by atoms with Crippen LogP contribution in [0.15, 0.2) is 30.3 Å². The number of nitrogens with one attached hydrogen (secondary N) is 3. The van der Waals surface area contributed by atoms with Gasteiger partial charge in [0.25, 0.3) is 0 Å². The molecule has 9 nitrogen and oxygen atoms in total. The van der Waals surface area contributed by atoms with E-state index in [1.165, 1.54) is 7.11 Å². The molecule has 1 aromatic rings. The van der Waals surface area contributed by atoms with Crippen molar-refractivity contribution >= 4 is 41.0 Å². The summed E-state index contributed by atoms with van der Waals surface area (Å²) in [7, 11) is 1.23. The van der Waals surface area contributed by atoms with Gasteiger partial charge >= 0.3 is 5.97 Å². The number of carbonyl (C=O) groups is 4. The molecule has 1 fully saturated rings. The number of likely N-dealkylation sites (tertiary alicyclic amines) is 1. The SMILES string of the molecule is COC(=O)CCC(=O)NC(=S)NNC(=O)C1CC(=O)N(Cc2ccccc2)C1. The van der Waals surface area contributed by atoms with Gasteiger partial charge in [-0.2, -0.15) is 0 Å². The van der Waals surface area contributed by atoms with Gasteiger partial charge in [-0.15, -0.1) is 0 Å². The number of nitrogens with zero attached hydrogens (tertiary/aromatic N) is 1. The Kier molecular flexibility index (Phi) is 7.88. The topological polar surface area (TPSA) is 117 Å². The Morgan fingerprint density at radius 1 is 1.18 bits per heavy atom. The Hall–Kier alpha value is -3.01. The number of thiocarbonyl (C=S) groups is 1. The lowest BCUT2D eigenvalue weighted by Gasteiger charge is -2.17. The minimum atomic E-state index is -0.512. The summed E-state index contributed by atoms with van der Waals surface area (Å²) in [6.07, 6.45) is -0.0502. The molecule has 1 saturated heterocycles. The third-order valence-corrected chi connectivity index (χ3v) is 4.34. The highest BCUT2D eigenvalue weighted by Gasteiger charge is 2.34. The number of methoxy groups -OCH3 is 1. The number of hydrazine groups is 1. The first-order valence-corrected chi connectivity index (χ1v) is 9.08. The van der Waals surface area contributed by atoms with Crippen LogP contribution in [0.4, 0.5) is 0 Å². The minimum absolute atomic E-state index is 0.0707. The van der Waals surface area contributed by atoms with E-state index in [-0.39, 0.29) is 30.3 Å². The van der Waals surface area contributed by atoms with Crippen molar-refractivity contribution in [2.75, 3.05) is 13.7 Å². The van der Waals surface area contributed by atoms with Gasteiger partial charge in [-0.25, -0.2) is 0 Å². The Labute approximate surface area is 167 Å². The molecule has 0 spiro atoms. The maximum absolute atomic E-state index is 12.2. The van der Waals surface area contributed by atoms with Crippen LogP contribution in [0.25, 0.3) is 0 Å². The van der Waals surface area contributed by atoms with Crippen LogP contribution in [-0.4, -0.2) is 47.4 Å². The van der Waals surface area contributed by atoms with E-state index in [2.05, 4.69) is 20.9 Å². The Balaban J connectivity index is 1.72. The normalized spacial score (nSPS) is 15.7. The van der Waals surface area contributed by atoms with Gasteiger partial charge in [-0.1, -0.05) is 30.3 Å². The molecule has 1 aliphatic rings. The predicted molar refractivity (Wildman–Crippen MR) is 103 cm³/mol. The molecule has 10 heteroatoms. The van der Waals surface area contributed by atoms with Gasteiger partial charge in [0.05, 0.1) is 19.4 Å². The molecule has 1 unspecified atom stereocenters. The predicted octanol–water partition coefficient (Wildman–Crippen LogP) is 0.0102. The molecule has 1 aliphatic heterocycles. The maximum atomic E-state index is 12.2. The number of esters is 1. The Morgan fingerprint density at radius 3 is 2.57 bits per heavy atom. The molecule has 3 amide bonds. The van der Waals surface area contributed by atoms with E-state index in [9.17, 15) is 19.2 Å². The first-order chi connectivity index (χ1) is 13.4. The van der Waals surface area contributed by atoms with Gasteiger partial charge in [0.1, 0.15) is 0 Å². The fraction of sp³-hybridized carbons (Fsp3) is 0.389. The van der Waals surface area contributed by atoms with E-state index in [4.69, 9.17) is 12.2 Å². The van der Waals surface area contributed by atoms with Crippen molar-refractivity contribution in [2.45, 2.75) is 25.8 Å². The van der Waals surface area contributed by atoms with Crippen LogP contribution in [0.3, 0.4) is 0 Å². The molecule has 3 N–H and O–H groups in total. The van der Waals surface area contributed by atoms with Crippen LogP contribution in [0.5, 0.6) is 0 Å². The summed E-state index contributed by atoms with van der Waals surface area (Å²) >= 11 is 4.91. The lowest BCUT2D eigenvalue weighted by atomic mass is 10.1. The quantitative estimate of drug-likeness (QED) is 0.346. The molecular formula is C18H22N4O5S. The van der Waals surface area contributed by atoms with Crippen molar-refractivity contribution in [1.29, 1.82) is 0 Å². The maximum Gasteiger partial charge on any atom is 0.306 e. The van der Waals surface area contributed by atoms with Gasteiger partial charge in [-0.05, 0) is 17.8 Å². The highest BCUT2D eigenvalue weighted by Crippen LogP contribution is 2.20. The summed E-state index contributed by atoms with van der Waals surface area (Å²) in [6.45, 7) is 0.755. The van der Waals surface area contributed by atoms with Crippen LogP contribution in [-0.2, 0) is 30.5 Å². The van der Waals surface area contributed by atoms with E-state index in [0.717, 1.165) is 5.56 Å². The molecule has 0 bridgehead atoms. The zero-order chi connectivity index (χ0) is 20.5. The van der Waals surface area contributed by atoms with E-state index >= 15 is 0 Å². The number of rotatable bonds is 6. The lowest BCUT2D eigenvalue weighted by Crippen LogP contribution is -2.50. The molecule has 0 saturated carbocycles. The summed E-state index contributed by atoms with van der Waals surface area (Å²) < 4.78 is 4.44. The number of ether oxygens (including phenoxy) is 1. The summed E-state index contributed by atoms with van der Waals surface area (Å²) in [5.41, 5.74) is 5.81. The highest BCUT2D eigenvalue weighted by molar-refractivity contribution is 7.80. The van der Waals surface area contributed by atoms with Gasteiger partial charge in [0, 0.05) is 25.9 Å². The summed E-state index contributed by atoms with van der Waals surface area (Å²) in [5, 5.41) is 2.23. The zero-order valence-corrected chi connectivity index (χ0v) is 16.2. The number of benzene rings is 1. The molecular weight excluding hydrogens is 384 g/mol. The first-order valence-electron chi connectivity index (χ1n) is 8.67. The standard InChI is InChI=1S/C18H22N4O5S/c1-27-16(25)8-7-14(23)19-18(28)21-20-17(26)13-9-15(24)22(11-13)10-12-5-3-2-4-6-12/h2-6,13H,7-11H2,1H3,(H,20,26)(H2,19,21,23,28). The molecule has 28 heavy (non-hydrogen) atoms. The van der Waals surface area contributed by atoms with Crippen LogP contribution < -0.4 is 16.2 Å². The van der Waals surface area contributed by atoms with Gasteiger partial charge < -0.3 is 15.0 Å². The van der Waals surface area contributed by atoms with Crippen molar-refractivity contribution in [3.8, 4) is 0 Å². The summed E-state index contributed by atoms with van der Waals surface area (Å²) in [6, 6.07) is 9.52. The molecule has 1 aromatic carbocycles. The van der Waals surface area contributed by atoms with Gasteiger partial charge in [-0.3, -0.25) is 30.0 Å². The molecule has 2 rings (SSSR count). The second-order valence-electron chi connectivity index (χ2n) is 6.23. The fourth-order valence-electron chi connectivity index (χ4n) is 2.66. The second-order valence-corrected chi connectivity index (χ2v) is 6.64. The van der Waals surface area contributed by atoms with Crippen LogP contribution in [0.2, 0.25) is 0 Å². The molecule has 1 atom stereocenters. The van der Waals surface area contributed by atoms with Crippen molar-refractivity contribution in [2.24, 2.45) is 5.92 Å². The van der Waals surface area contributed by atoms with E-state index < -0.39 is 23.7 Å². The van der Waals surface area contributed by atoms with Gasteiger partial charge in [0.2, 0.25) is 17.7 Å². The highest BCUT2D eigenvalue weighted by atomic mass is 32.1. The molecule has 1 heterocycles. The average molecular weight is 406 g/mol. The average Bonchev–Trinajstić information content (AvgIpc) is 3.05.